The van der Waals surface area contributed by atoms with Gasteiger partial charge in [-0.1, -0.05) is 12.1 Å². The first-order valence-corrected chi connectivity index (χ1v) is 3.92. The SMILES string of the molecule is N#CCCOc1ccccc1C=O. The van der Waals surface area contributed by atoms with Gasteiger partial charge in [-0.05, 0) is 12.1 Å². The number of benzene rings is 1. The van der Waals surface area contributed by atoms with Crippen LogP contribution in [0.1, 0.15) is 16.8 Å². The second-order valence-electron chi connectivity index (χ2n) is 2.41. The van der Waals surface area contributed by atoms with Crippen LogP contribution in [0.5, 0.6) is 5.75 Å². The van der Waals surface area contributed by atoms with Crippen molar-refractivity contribution in [2.24, 2.45) is 0 Å². The third kappa shape index (κ3) is 2.60. The molecular formula is C10H9NO2. The molecule has 0 N–H and O–H groups in total. The largest absolute Gasteiger partial charge is 0.492 e. The van der Waals surface area contributed by atoms with Crippen molar-refractivity contribution >= 4 is 6.29 Å². The Morgan fingerprint density at radius 3 is 2.92 bits per heavy atom. The molecule has 0 fully saturated rings. The van der Waals surface area contributed by atoms with Gasteiger partial charge >= 0.3 is 0 Å². The van der Waals surface area contributed by atoms with Crippen molar-refractivity contribution < 1.29 is 9.53 Å². The highest BCUT2D eigenvalue weighted by Crippen LogP contribution is 2.15. The van der Waals surface area contributed by atoms with E-state index in [0.29, 0.717) is 24.3 Å². The van der Waals surface area contributed by atoms with E-state index in [9.17, 15) is 4.79 Å². The lowest BCUT2D eigenvalue weighted by Crippen LogP contribution is -1.98. The zero-order valence-electron chi connectivity index (χ0n) is 7.06. The van der Waals surface area contributed by atoms with E-state index in [1.54, 1.807) is 24.3 Å². The molecule has 1 aromatic rings. The van der Waals surface area contributed by atoms with Gasteiger partial charge in [-0.25, -0.2) is 0 Å². The minimum Gasteiger partial charge on any atom is -0.492 e. The van der Waals surface area contributed by atoms with Gasteiger partial charge in [0, 0.05) is 0 Å². The molecule has 1 rings (SSSR count). The first-order chi connectivity index (χ1) is 6.38. The average Bonchev–Trinajstić information content (AvgIpc) is 2.19. The highest BCUT2D eigenvalue weighted by Gasteiger charge is 1.99. The van der Waals surface area contributed by atoms with Crippen LogP contribution in [0.4, 0.5) is 0 Å². The molecule has 0 saturated heterocycles. The number of hydrogen-bond acceptors (Lipinski definition) is 3. The third-order valence-electron chi connectivity index (χ3n) is 1.52. The van der Waals surface area contributed by atoms with Crippen LogP contribution >= 0.6 is 0 Å². The molecule has 0 aliphatic carbocycles. The van der Waals surface area contributed by atoms with E-state index in [0.717, 1.165) is 6.29 Å². The summed E-state index contributed by atoms with van der Waals surface area (Å²) in [5, 5.41) is 8.27. The van der Waals surface area contributed by atoms with Crippen molar-refractivity contribution in [2.75, 3.05) is 6.61 Å². The first kappa shape index (κ1) is 9.27. The Labute approximate surface area is 76.6 Å². The summed E-state index contributed by atoms with van der Waals surface area (Å²) >= 11 is 0. The van der Waals surface area contributed by atoms with Crippen LogP contribution in [-0.4, -0.2) is 12.9 Å². The number of hydrogen-bond donors (Lipinski definition) is 0. The molecule has 0 aliphatic heterocycles. The number of carbonyl (C=O) groups is 1. The Morgan fingerprint density at radius 2 is 2.23 bits per heavy atom. The van der Waals surface area contributed by atoms with Gasteiger partial charge in [-0.3, -0.25) is 4.79 Å². The second-order valence-corrected chi connectivity index (χ2v) is 2.41. The normalized spacial score (nSPS) is 8.85. The Balaban J connectivity index is 2.65. The van der Waals surface area contributed by atoms with Gasteiger partial charge in [0.15, 0.2) is 6.29 Å². The predicted molar refractivity (Wildman–Crippen MR) is 47.6 cm³/mol. The Bertz CT molecular complexity index is 328. The number of ether oxygens (including phenoxy) is 1. The summed E-state index contributed by atoms with van der Waals surface area (Å²) in [6.07, 6.45) is 1.06. The fraction of sp³-hybridized carbons (Fsp3) is 0.200. The van der Waals surface area contributed by atoms with Crippen LogP contribution in [-0.2, 0) is 0 Å². The van der Waals surface area contributed by atoms with Crippen molar-refractivity contribution in [1.82, 2.24) is 0 Å². The molecule has 0 heterocycles. The molecule has 0 aliphatic rings. The summed E-state index contributed by atoms with van der Waals surface area (Å²) in [7, 11) is 0. The summed E-state index contributed by atoms with van der Waals surface area (Å²) in [6, 6.07) is 8.90. The van der Waals surface area contributed by atoms with Crippen LogP contribution in [0.25, 0.3) is 0 Å². The van der Waals surface area contributed by atoms with Gasteiger partial charge in [0.2, 0.25) is 0 Å². The highest BCUT2D eigenvalue weighted by molar-refractivity contribution is 5.79. The zero-order valence-corrected chi connectivity index (χ0v) is 7.06. The molecule has 0 atom stereocenters. The van der Waals surface area contributed by atoms with Crippen molar-refractivity contribution in [2.45, 2.75) is 6.42 Å². The van der Waals surface area contributed by atoms with Gasteiger partial charge < -0.3 is 4.74 Å². The third-order valence-corrected chi connectivity index (χ3v) is 1.52. The summed E-state index contributed by atoms with van der Waals surface area (Å²) in [6.45, 7) is 0.321. The standard InChI is InChI=1S/C10H9NO2/c11-6-3-7-13-10-5-2-1-4-9(10)8-12/h1-2,4-5,8H,3,7H2. The van der Waals surface area contributed by atoms with Gasteiger partial charge in [-0.2, -0.15) is 5.26 Å². The van der Waals surface area contributed by atoms with Gasteiger partial charge in [0.1, 0.15) is 12.4 Å². The molecule has 0 saturated carbocycles. The molecule has 66 valence electrons. The summed E-state index contributed by atoms with van der Waals surface area (Å²) in [5.74, 6) is 0.535. The zero-order chi connectivity index (χ0) is 9.52. The van der Waals surface area contributed by atoms with Crippen LogP contribution < -0.4 is 4.74 Å². The average molecular weight is 175 g/mol. The summed E-state index contributed by atoms with van der Waals surface area (Å²) < 4.78 is 5.21. The minimum atomic E-state index is 0.321. The first-order valence-electron chi connectivity index (χ1n) is 3.92. The quantitative estimate of drug-likeness (QED) is 0.517. The molecule has 0 spiro atoms. The lowest BCUT2D eigenvalue weighted by Gasteiger charge is -2.04. The molecule has 13 heavy (non-hydrogen) atoms. The Morgan fingerprint density at radius 1 is 1.46 bits per heavy atom. The van der Waals surface area contributed by atoms with E-state index in [1.165, 1.54) is 0 Å². The monoisotopic (exact) mass is 175 g/mol. The van der Waals surface area contributed by atoms with Crippen LogP contribution in [0.3, 0.4) is 0 Å². The molecule has 3 nitrogen and oxygen atoms in total. The number of para-hydroxylation sites is 1. The maximum Gasteiger partial charge on any atom is 0.153 e. The predicted octanol–water partition coefficient (Wildman–Crippen LogP) is 1.79. The molecule has 0 unspecified atom stereocenters. The fourth-order valence-corrected chi connectivity index (χ4v) is 0.916. The molecular weight excluding hydrogens is 166 g/mol. The van der Waals surface area contributed by atoms with Crippen molar-refractivity contribution in [1.29, 1.82) is 5.26 Å². The van der Waals surface area contributed by atoms with E-state index >= 15 is 0 Å². The molecule has 0 aromatic heterocycles. The second kappa shape index (κ2) is 4.94. The van der Waals surface area contributed by atoms with Crippen LogP contribution in [0, 0.1) is 11.3 Å². The Hall–Kier alpha value is -1.82. The number of carbonyl (C=O) groups excluding carboxylic acids is 1. The van der Waals surface area contributed by atoms with E-state index in [-0.39, 0.29) is 0 Å². The van der Waals surface area contributed by atoms with E-state index in [2.05, 4.69) is 0 Å². The van der Waals surface area contributed by atoms with Gasteiger partial charge in [0.25, 0.3) is 0 Å². The maximum atomic E-state index is 10.5. The topological polar surface area (TPSA) is 50.1 Å². The number of nitrogens with zero attached hydrogens (tertiary/aromatic N) is 1. The lowest BCUT2D eigenvalue weighted by molar-refractivity contribution is 0.111. The molecule has 3 heteroatoms. The van der Waals surface area contributed by atoms with Crippen molar-refractivity contribution in [3.8, 4) is 11.8 Å². The smallest absolute Gasteiger partial charge is 0.153 e. The van der Waals surface area contributed by atoms with Crippen molar-refractivity contribution in [3.05, 3.63) is 29.8 Å². The maximum absolute atomic E-state index is 10.5. The van der Waals surface area contributed by atoms with Crippen molar-refractivity contribution in [3.63, 3.8) is 0 Å². The minimum absolute atomic E-state index is 0.321. The summed E-state index contributed by atoms with van der Waals surface area (Å²) in [5.41, 5.74) is 0.514. The van der Waals surface area contributed by atoms with Crippen LogP contribution in [0.15, 0.2) is 24.3 Å². The van der Waals surface area contributed by atoms with Crippen LogP contribution in [0.2, 0.25) is 0 Å². The molecule has 1 aromatic carbocycles. The fourth-order valence-electron chi connectivity index (χ4n) is 0.916. The summed E-state index contributed by atoms with van der Waals surface area (Å²) in [4.78, 5) is 10.5. The Kier molecular flexibility index (Phi) is 3.52. The number of rotatable bonds is 4. The van der Waals surface area contributed by atoms with E-state index < -0.39 is 0 Å². The molecule has 0 bridgehead atoms. The van der Waals surface area contributed by atoms with E-state index in [4.69, 9.17) is 10.00 Å². The lowest BCUT2D eigenvalue weighted by atomic mass is 10.2. The number of nitriles is 1. The molecule has 0 amide bonds. The van der Waals surface area contributed by atoms with Gasteiger partial charge in [-0.15, -0.1) is 0 Å². The molecule has 0 radical (unpaired) electrons. The highest BCUT2D eigenvalue weighted by atomic mass is 16.5. The van der Waals surface area contributed by atoms with E-state index in [1.807, 2.05) is 6.07 Å². The number of aldehydes is 1. The van der Waals surface area contributed by atoms with Gasteiger partial charge in [0.05, 0.1) is 18.1 Å².